The van der Waals surface area contributed by atoms with Crippen LogP contribution in [0.15, 0.2) is 35.5 Å². The molecular weight excluding hydrogens is 422 g/mol. The van der Waals surface area contributed by atoms with Gasteiger partial charge in [-0.3, -0.25) is 4.79 Å². The Bertz CT molecular complexity index is 1060. The summed E-state index contributed by atoms with van der Waals surface area (Å²) in [4.78, 5) is 19.7. The van der Waals surface area contributed by atoms with Crippen LogP contribution in [0.1, 0.15) is 34.3 Å². The molecule has 170 valence electrons. The first-order valence-electron chi connectivity index (χ1n) is 10.3. The molecule has 9 heteroatoms. The summed E-state index contributed by atoms with van der Waals surface area (Å²) in [7, 11) is 1.43. The lowest BCUT2D eigenvalue weighted by molar-refractivity contribution is 0.0670. The molecule has 2 aromatic carbocycles. The first-order valence-corrected chi connectivity index (χ1v) is 10.3. The lowest BCUT2D eigenvalue weighted by Crippen LogP contribution is -2.38. The van der Waals surface area contributed by atoms with Crippen molar-refractivity contribution in [3.05, 3.63) is 47.0 Å². The molecule has 0 radical (unpaired) electrons. The molecule has 1 N–H and O–H groups in total. The minimum atomic E-state index is -2.60. The minimum Gasteiger partial charge on any atom is -0.485 e. The summed E-state index contributed by atoms with van der Waals surface area (Å²) in [6, 6.07) is 7.58. The highest BCUT2D eigenvalue weighted by Crippen LogP contribution is 2.45. The van der Waals surface area contributed by atoms with Gasteiger partial charge in [-0.05, 0) is 30.2 Å². The highest BCUT2D eigenvalue weighted by molar-refractivity contribution is 6.03. The highest BCUT2D eigenvalue weighted by atomic mass is 19.3. The van der Waals surface area contributed by atoms with E-state index < -0.39 is 12.5 Å². The Morgan fingerprint density at radius 1 is 1.22 bits per heavy atom. The second-order valence-electron chi connectivity index (χ2n) is 7.65. The smallest absolute Gasteiger partial charge is 0.264 e. The van der Waals surface area contributed by atoms with Gasteiger partial charge in [-0.15, -0.1) is 0 Å². The van der Waals surface area contributed by atoms with E-state index in [1.807, 2.05) is 0 Å². The van der Waals surface area contributed by atoms with Crippen molar-refractivity contribution in [3.63, 3.8) is 0 Å². The number of oxime groups is 1. The summed E-state index contributed by atoms with van der Waals surface area (Å²) in [5.74, 6) is 0.285. The molecule has 0 unspecified atom stereocenters. The van der Waals surface area contributed by atoms with Crippen molar-refractivity contribution < 1.29 is 33.0 Å². The van der Waals surface area contributed by atoms with Crippen LogP contribution in [0.25, 0.3) is 11.1 Å². The zero-order chi connectivity index (χ0) is 22.8. The van der Waals surface area contributed by atoms with Crippen LogP contribution in [0.2, 0.25) is 0 Å². The van der Waals surface area contributed by atoms with E-state index >= 15 is 0 Å². The molecule has 32 heavy (non-hydrogen) atoms. The lowest BCUT2D eigenvalue weighted by Gasteiger charge is -2.27. The Morgan fingerprint density at radius 2 is 1.97 bits per heavy atom. The number of benzene rings is 2. The van der Waals surface area contributed by atoms with E-state index in [1.54, 1.807) is 31.2 Å². The predicted molar refractivity (Wildman–Crippen MR) is 114 cm³/mol. The Morgan fingerprint density at radius 3 is 2.66 bits per heavy atom. The van der Waals surface area contributed by atoms with E-state index in [1.165, 1.54) is 18.1 Å². The normalized spacial score (nSPS) is 19.0. The van der Waals surface area contributed by atoms with E-state index in [0.717, 1.165) is 0 Å². The Hall–Kier alpha value is -3.20. The second kappa shape index (κ2) is 9.12. The third kappa shape index (κ3) is 3.88. The summed E-state index contributed by atoms with van der Waals surface area (Å²) < 4.78 is 38.5. The molecule has 2 aromatic rings. The Kier molecular flexibility index (Phi) is 6.27. The molecule has 0 saturated carbocycles. The van der Waals surface area contributed by atoms with Crippen LogP contribution in [-0.4, -0.2) is 61.1 Å². The number of ether oxygens (including phenoxy) is 2. The number of hydrogen-bond donors (Lipinski definition) is 1. The number of aliphatic hydroxyl groups is 1. The first kappa shape index (κ1) is 22.0. The van der Waals surface area contributed by atoms with Gasteiger partial charge in [0.1, 0.15) is 20.3 Å². The monoisotopic (exact) mass is 446 g/mol. The van der Waals surface area contributed by atoms with Crippen molar-refractivity contribution in [2.75, 3.05) is 33.5 Å². The molecule has 2 heterocycles. The van der Waals surface area contributed by atoms with Crippen LogP contribution in [0, 0.1) is 6.92 Å². The number of carbonyl (C=O) groups is 1. The zero-order valence-electron chi connectivity index (χ0n) is 17.8. The summed E-state index contributed by atoms with van der Waals surface area (Å²) in [6.07, 6.45) is -2.19. The van der Waals surface area contributed by atoms with Gasteiger partial charge in [0.25, 0.3) is 12.3 Å². The molecule has 2 aliphatic heterocycles. The topological polar surface area (TPSA) is 80.6 Å². The molecule has 2 aliphatic rings. The summed E-state index contributed by atoms with van der Waals surface area (Å²) in [6.45, 7) is 2.18. The Labute approximate surface area is 184 Å². The van der Waals surface area contributed by atoms with Crippen molar-refractivity contribution in [1.82, 2.24) is 4.90 Å². The predicted octanol–water partition coefficient (Wildman–Crippen LogP) is 3.58. The van der Waals surface area contributed by atoms with E-state index in [4.69, 9.17) is 14.3 Å². The standard InChI is InChI=1S/C23H24F2N2O5/c1-13-16(4-3-5-17(13)22(24)25)18-6-7-19(21-20(18)31-8-9-32-21)23(29)27-11-14(26-30-2)10-15(27)12-28/h3-7,15,22,28H,8-12H2,1-2H3/b26-14-/t15-/m0/s1. The SMILES string of the molecule is CO/N=C1/C[C@@H](CO)N(C(=O)c2ccc(-c3cccc(C(F)F)c3C)c3c2OCCO3)C1. The van der Waals surface area contributed by atoms with E-state index in [0.29, 0.717) is 34.6 Å². The van der Waals surface area contributed by atoms with Crippen molar-refractivity contribution in [2.45, 2.75) is 25.8 Å². The molecule has 0 aliphatic carbocycles. The molecule has 0 aromatic heterocycles. The fraction of sp³-hybridized carbons (Fsp3) is 0.391. The number of amides is 1. The van der Waals surface area contributed by atoms with Gasteiger partial charge in [-0.1, -0.05) is 23.4 Å². The van der Waals surface area contributed by atoms with Crippen molar-refractivity contribution in [3.8, 4) is 22.6 Å². The van der Waals surface area contributed by atoms with Crippen LogP contribution in [0.3, 0.4) is 0 Å². The summed E-state index contributed by atoms with van der Waals surface area (Å²) in [5, 5.41) is 13.7. The number of hydrogen-bond acceptors (Lipinski definition) is 6. The number of fused-ring (bicyclic) bond motifs is 1. The van der Waals surface area contributed by atoms with Crippen LogP contribution in [0.5, 0.6) is 11.5 Å². The van der Waals surface area contributed by atoms with Crippen molar-refractivity contribution >= 4 is 11.6 Å². The number of carbonyl (C=O) groups excluding carboxylic acids is 1. The third-order valence-electron chi connectivity index (χ3n) is 5.78. The van der Waals surface area contributed by atoms with E-state index in [-0.39, 0.29) is 49.1 Å². The largest absolute Gasteiger partial charge is 0.485 e. The number of likely N-dealkylation sites (tertiary alicyclic amines) is 1. The van der Waals surface area contributed by atoms with Gasteiger partial charge in [0.05, 0.1) is 30.5 Å². The maximum absolute atomic E-state index is 13.4. The number of halogens is 2. The molecule has 1 amide bonds. The van der Waals surface area contributed by atoms with Gasteiger partial charge in [0.2, 0.25) is 0 Å². The minimum absolute atomic E-state index is 0.0547. The maximum atomic E-state index is 13.4. The number of rotatable bonds is 5. The Balaban J connectivity index is 1.77. The number of alkyl halides is 2. The van der Waals surface area contributed by atoms with E-state index in [9.17, 15) is 18.7 Å². The van der Waals surface area contributed by atoms with Crippen LogP contribution in [0.4, 0.5) is 8.78 Å². The van der Waals surface area contributed by atoms with E-state index in [2.05, 4.69) is 5.16 Å². The van der Waals surface area contributed by atoms with Crippen LogP contribution < -0.4 is 9.47 Å². The second-order valence-corrected chi connectivity index (χ2v) is 7.65. The van der Waals surface area contributed by atoms with Crippen LogP contribution >= 0.6 is 0 Å². The summed E-state index contributed by atoms with van der Waals surface area (Å²) in [5.41, 5.74) is 2.50. The van der Waals surface area contributed by atoms with Gasteiger partial charge in [-0.2, -0.15) is 0 Å². The highest BCUT2D eigenvalue weighted by Gasteiger charge is 2.36. The fourth-order valence-electron chi connectivity index (χ4n) is 4.22. The maximum Gasteiger partial charge on any atom is 0.264 e. The quantitative estimate of drug-likeness (QED) is 0.711. The third-order valence-corrected chi connectivity index (χ3v) is 5.78. The molecule has 7 nitrogen and oxygen atoms in total. The van der Waals surface area contributed by atoms with Gasteiger partial charge in [0, 0.05) is 17.5 Å². The molecule has 1 atom stereocenters. The summed E-state index contributed by atoms with van der Waals surface area (Å²) >= 11 is 0. The average molecular weight is 446 g/mol. The molecule has 1 saturated heterocycles. The van der Waals surface area contributed by atoms with Gasteiger partial charge in [0.15, 0.2) is 11.5 Å². The molecule has 1 fully saturated rings. The van der Waals surface area contributed by atoms with Crippen molar-refractivity contribution in [1.29, 1.82) is 0 Å². The average Bonchev–Trinajstić information content (AvgIpc) is 3.21. The van der Waals surface area contributed by atoms with Crippen molar-refractivity contribution in [2.24, 2.45) is 5.16 Å². The zero-order valence-corrected chi connectivity index (χ0v) is 17.8. The first-order chi connectivity index (χ1) is 15.5. The van der Waals surface area contributed by atoms with Gasteiger partial charge in [-0.25, -0.2) is 8.78 Å². The number of aliphatic hydroxyl groups excluding tert-OH is 1. The molecule has 0 bridgehead atoms. The fourth-order valence-corrected chi connectivity index (χ4v) is 4.22. The molecule has 0 spiro atoms. The number of nitrogens with zero attached hydrogens (tertiary/aromatic N) is 2. The molecular formula is C23H24F2N2O5. The van der Waals surface area contributed by atoms with Gasteiger partial charge >= 0.3 is 0 Å². The lowest BCUT2D eigenvalue weighted by atomic mass is 9.94. The van der Waals surface area contributed by atoms with Gasteiger partial charge < -0.3 is 24.3 Å². The van der Waals surface area contributed by atoms with Crippen LogP contribution in [-0.2, 0) is 4.84 Å². The molecule has 4 rings (SSSR count).